The Morgan fingerprint density at radius 2 is 2.08 bits per heavy atom. The molecule has 0 amide bonds. The van der Waals surface area contributed by atoms with Crippen molar-refractivity contribution in [1.29, 1.82) is 0 Å². The molecule has 1 atom stereocenters. The quantitative estimate of drug-likeness (QED) is 0.362. The van der Waals surface area contributed by atoms with E-state index in [4.69, 9.17) is 5.14 Å². The first-order valence-corrected chi connectivity index (χ1v) is 10.5. The van der Waals surface area contributed by atoms with Crippen LogP contribution in [0.1, 0.15) is 38.7 Å². The van der Waals surface area contributed by atoms with Gasteiger partial charge in [0, 0.05) is 26.7 Å². The van der Waals surface area contributed by atoms with Crippen LogP contribution in [-0.2, 0) is 16.6 Å². The van der Waals surface area contributed by atoms with Gasteiger partial charge in [0.2, 0.25) is 10.0 Å². The van der Waals surface area contributed by atoms with Gasteiger partial charge in [0.15, 0.2) is 5.96 Å². The topological polar surface area (TPSA) is 87.8 Å². The normalized spacial score (nSPS) is 18.1. The molecule has 2 rings (SSSR count). The summed E-state index contributed by atoms with van der Waals surface area (Å²) in [5, 5.41) is 8.54. The molecule has 0 bridgehead atoms. The summed E-state index contributed by atoms with van der Waals surface area (Å²) in [7, 11) is -1.89. The monoisotopic (exact) mass is 494 g/mol. The molecule has 1 fully saturated rings. The molecule has 1 aliphatic rings. The fourth-order valence-electron chi connectivity index (χ4n) is 3.67. The number of primary sulfonamides is 1. The Kier molecular flexibility index (Phi) is 9.32. The summed E-state index contributed by atoms with van der Waals surface area (Å²) in [6.07, 6.45) is 3.65. The minimum absolute atomic E-state index is 0. The molecule has 1 heterocycles. The number of hydrogen-bond acceptors (Lipinski definition) is 3. The van der Waals surface area contributed by atoms with Crippen molar-refractivity contribution >= 4 is 40.0 Å². The summed E-state index contributed by atoms with van der Waals surface area (Å²) in [4.78, 5) is 6.82. The first-order valence-electron chi connectivity index (χ1n) is 8.96. The number of hydrogen-bond donors (Lipinski definition) is 2. The number of nitrogens with two attached hydrogens (primary N) is 1. The summed E-state index contributed by atoms with van der Waals surface area (Å²) in [5.41, 5.74) is 0.864. The van der Waals surface area contributed by atoms with Crippen LogP contribution < -0.4 is 10.5 Å². The van der Waals surface area contributed by atoms with E-state index >= 15 is 0 Å². The summed E-state index contributed by atoms with van der Waals surface area (Å²) in [6.45, 7) is 7.09. The average molecular weight is 494 g/mol. The molecule has 1 aromatic carbocycles. The van der Waals surface area contributed by atoms with Crippen molar-refractivity contribution in [1.82, 2.24) is 10.2 Å². The van der Waals surface area contributed by atoms with Gasteiger partial charge in [-0.3, -0.25) is 4.99 Å². The predicted molar refractivity (Wildman–Crippen MR) is 117 cm³/mol. The third kappa shape index (κ3) is 6.09. The number of likely N-dealkylation sites (tertiary alicyclic amines) is 1. The van der Waals surface area contributed by atoms with Crippen LogP contribution >= 0.6 is 24.0 Å². The highest BCUT2D eigenvalue weighted by molar-refractivity contribution is 14.0. The second-order valence-corrected chi connectivity index (χ2v) is 8.23. The lowest BCUT2D eigenvalue weighted by atomic mass is 9.87. The van der Waals surface area contributed by atoms with E-state index in [9.17, 15) is 8.42 Å². The molecule has 3 N–H and O–H groups in total. The van der Waals surface area contributed by atoms with Gasteiger partial charge in [0.25, 0.3) is 0 Å². The lowest BCUT2D eigenvalue weighted by molar-refractivity contribution is 0.319. The summed E-state index contributed by atoms with van der Waals surface area (Å²) >= 11 is 0. The van der Waals surface area contributed by atoms with Gasteiger partial charge in [-0.15, -0.1) is 24.0 Å². The zero-order chi connectivity index (χ0) is 18.4. The van der Waals surface area contributed by atoms with Crippen LogP contribution in [0.5, 0.6) is 0 Å². The van der Waals surface area contributed by atoms with Crippen molar-refractivity contribution in [2.24, 2.45) is 22.0 Å². The third-order valence-electron chi connectivity index (χ3n) is 5.13. The molecule has 0 aliphatic carbocycles. The third-order valence-corrected chi connectivity index (χ3v) is 6.04. The molecule has 1 aromatic rings. The van der Waals surface area contributed by atoms with Crippen LogP contribution in [0.4, 0.5) is 0 Å². The molecular formula is C18H31IN4O2S. The van der Waals surface area contributed by atoms with Crippen LogP contribution in [0.3, 0.4) is 0 Å². The second-order valence-electron chi connectivity index (χ2n) is 6.66. The molecular weight excluding hydrogens is 463 g/mol. The number of halogens is 1. The van der Waals surface area contributed by atoms with Crippen LogP contribution in [0.25, 0.3) is 0 Å². The average Bonchev–Trinajstić information content (AvgIpc) is 3.06. The highest BCUT2D eigenvalue weighted by atomic mass is 127. The Bertz CT molecular complexity index is 705. The molecule has 0 aromatic heterocycles. The van der Waals surface area contributed by atoms with Crippen molar-refractivity contribution in [3.63, 3.8) is 0 Å². The van der Waals surface area contributed by atoms with Crippen molar-refractivity contribution in [2.45, 2.75) is 44.6 Å². The molecule has 148 valence electrons. The molecule has 0 spiro atoms. The first kappa shape index (κ1) is 23.2. The zero-order valence-electron chi connectivity index (χ0n) is 15.8. The minimum atomic E-state index is -3.68. The maximum Gasteiger partial charge on any atom is 0.238 e. The van der Waals surface area contributed by atoms with Crippen LogP contribution in [0.15, 0.2) is 34.2 Å². The van der Waals surface area contributed by atoms with Gasteiger partial charge in [0.1, 0.15) is 0 Å². The van der Waals surface area contributed by atoms with Gasteiger partial charge in [-0.25, -0.2) is 13.6 Å². The first-order chi connectivity index (χ1) is 11.9. The van der Waals surface area contributed by atoms with E-state index in [2.05, 4.69) is 29.1 Å². The van der Waals surface area contributed by atoms with E-state index in [1.54, 1.807) is 19.2 Å². The number of guanidine groups is 1. The van der Waals surface area contributed by atoms with Crippen LogP contribution in [0, 0.1) is 11.8 Å². The predicted octanol–water partition coefficient (Wildman–Crippen LogP) is 2.79. The van der Waals surface area contributed by atoms with Crippen LogP contribution in [-0.4, -0.2) is 39.4 Å². The Labute approximate surface area is 174 Å². The summed E-state index contributed by atoms with van der Waals surface area (Å²) < 4.78 is 22.9. The summed E-state index contributed by atoms with van der Waals surface area (Å²) in [6, 6.07) is 6.70. The Morgan fingerprint density at radius 3 is 2.65 bits per heavy atom. The molecule has 8 heteroatoms. The van der Waals surface area contributed by atoms with E-state index in [1.807, 2.05) is 6.07 Å². The number of sulfonamides is 1. The van der Waals surface area contributed by atoms with E-state index in [1.165, 1.54) is 25.3 Å². The number of nitrogens with one attached hydrogen (secondary N) is 1. The molecule has 1 unspecified atom stereocenters. The largest absolute Gasteiger partial charge is 0.352 e. The molecule has 26 heavy (non-hydrogen) atoms. The number of rotatable bonds is 6. The maximum absolute atomic E-state index is 11.5. The maximum atomic E-state index is 11.5. The second kappa shape index (κ2) is 10.5. The van der Waals surface area contributed by atoms with Gasteiger partial charge in [-0.2, -0.15) is 0 Å². The lowest BCUT2D eigenvalue weighted by Crippen LogP contribution is -2.40. The Balaban J connectivity index is 0.00000338. The van der Waals surface area contributed by atoms with E-state index in [-0.39, 0.29) is 28.9 Å². The van der Waals surface area contributed by atoms with Gasteiger partial charge in [-0.05, 0) is 36.0 Å². The molecule has 6 nitrogen and oxygen atoms in total. The van der Waals surface area contributed by atoms with E-state index in [0.29, 0.717) is 6.54 Å². The van der Waals surface area contributed by atoms with Gasteiger partial charge < -0.3 is 10.2 Å². The smallest absolute Gasteiger partial charge is 0.238 e. The highest BCUT2D eigenvalue weighted by Gasteiger charge is 2.29. The SMILES string of the molecule is CCC(CC)C1CCN(C(=NC)NCc2cccc(S(N)(=O)=O)c2)C1.I. The summed E-state index contributed by atoms with van der Waals surface area (Å²) in [5.74, 6) is 2.36. The standard InChI is InChI=1S/C18H30N4O2S.HI/c1-4-15(5-2)16-9-10-22(13-16)18(20-3)21-12-14-7-6-8-17(11-14)25(19,23)24;/h6-8,11,15-16H,4-5,9-10,12-13H2,1-3H3,(H,20,21)(H2,19,23,24);1H. The van der Waals surface area contributed by atoms with E-state index < -0.39 is 10.0 Å². The van der Waals surface area contributed by atoms with Gasteiger partial charge >= 0.3 is 0 Å². The number of benzene rings is 1. The number of aliphatic imine (C=N–C) groups is 1. The number of nitrogens with zero attached hydrogens (tertiary/aromatic N) is 2. The highest BCUT2D eigenvalue weighted by Crippen LogP contribution is 2.28. The Morgan fingerprint density at radius 1 is 1.38 bits per heavy atom. The molecule has 1 saturated heterocycles. The molecule has 0 saturated carbocycles. The van der Waals surface area contributed by atoms with Crippen molar-refractivity contribution < 1.29 is 8.42 Å². The fourth-order valence-corrected chi connectivity index (χ4v) is 4.25. The van der Waals surface area contributed by atoms with Crippen molar-refractivity contribution in [3.05, 3.63) is 29.8 Å². The van der Waals surface area contributed by atoms with E-state index in [0.717, 1.165) is 36.4 Å². The van der Waals surface area contributed by atoms with Gasteiger partial charge in [0.05, 0.1) is 4.90 Å². The van der Waals surface area contributed by atoms with Gasteiger partial charge in [-0.1, -0.05) is 38.8 Å². The fraction of sp³-hybridized carbons (Fsp3) is 0.611. The Hall–Kier alpha value is -0.870. The minimum Gasteiger partial charge on any atom is -0.352 e. The van der Waals surface area contributed by atoms with Crippen molar-refractivity contribution in [2.75, 3.05) is 20.1 Å². The molecule has 0 radical (unpaired) electrons. The zero-order valence-corrected chi connectivity index (χ0v) is 19.0. The van der Waals surface area contributed by atoms with Crippen molar-refractivity contribution in [3.8, 4) is 0 Å². The molecule has 1 aliphatic heterocycles. The van der Waals surface area contributed by atoms with Crippen LogP contribution in [0.2, 0.25) is 0 Å². The lowest BCUT2D eigenvalue weighted by Gasteiger charge is -2.24.